The highest BCUT2D eigenvalue weighted by Gasteiger charge is 2.39. The SMILES string of the molecule is N#CC(CNCc1ccncc1)C(F)(F)F. The molecule has 1 rings (SSSR count). The zero-order chi connectivity index (χ0) is 12.0. The molecule has 6 heteroatoms. The van der Waals surface area contributed by atoms with Gasteiger partial charge < -0.3 is 5.32 Å². The molecule has 1 unspecified atom stereocenters. The Morgan fingerprint density at radius 3 is 2.50 bits per heavy atom. The summed E-state index contributed by atoms with van der Waals surface area (Å²) in [4.78, 5) is 3.78. The summed E-state index contributed by atoms with van der Waals surface area (Å²) in [7, 11) is 0. The highest BCUT2D eigenvalue weighted by Crippen LogP contribution is 2.24. The zero-order valence-electron chi connectivity index (χ0n) is 8.33. The first-order valence-corrected chi connectivity index (χ1v) is 4.60. The first kappa shape index (κ1) is 12.5. The Balaban J connectivity index is 2.39. The van der Waals surface area contributed by atoms with Gasteiger partial charge in [0.25, 0.3) is 0 Å². The molecule has 3 nitrogen and oxygen atoms in total. The molecule has 0 radical (unpaired) electrons. The number of nitriles is 1. The van der Waals surface area contributed by atoms with E-state index >= 15 is 0 Å². The molecule has 0 aliphatic rings. The zero-order valence-corrected chi connectivity index (χ0v) is 8.33. The van der Waals surface area contributed by atoms with Crippen molar-refractivity contribution in [2.45, 2.75) is 12.7 Å². The number of pyridine rings is 1. The predicted molar refractivity (Wildman–Crippen MR) is 51.1 cm³/mol. The lowest BCUT2D eigenvalue weighted by Crippen LogP contribution is -2.32. The quantitative estimate of drug-likeness (QED) is 0.857. The van der Waals surface area contributed by atoms with Gasteiger partial charge in [0.05, 0.1) is 6.07 Å². The van der Waals surface area contributed by atoms with Crippen LogP contribution in [-0.2, 0) is 6.54 Å². The fourth-order valence-corrected chi connectivity index (χ4v) is 1.10. The van der Waals surface area contributed by atoms with Crippen LogP contribution in [-0.4, -0.2) is 17.7 Å². The fraction of sp³-hybridized carbons (Fsp3) is 0.400. The maximum atomic E-state index is 12.2. The maximum absolute atomic E-state index is 12.2. The van der Waals surface area contributed by atoms with Crippen molar-refractivity contribution in [3.8, 4) is 6.07 Å². The molecule has 16 heavy (non-hydrogen) atoms. The standard InChI is InChI=1S/C10H10F3N3/c11-10(12,13)9(5-14)7-16-6-8-1-3-15-4-2-8/h1-4,9,16H,6-7H2. The summed E-state index contributed by atoms with van der Waals surface area (Å²) < 4.78 is 36.5. The summed E-state index contributed by atoms with van der Waals surface area (Å²) in [5.74, 6) is -1.96. The van der Waals surface area contributed by atoms with Crippen LogP contribution in [0.15, 0.2) is 24.5 Å². The van der Waals surface area contributed by atoms with Crippen LogP contribution < -0.4 is 5.32 Å². The third kappa shape index (κ3) is 3.87. The summed E-state index contributed by atoms with van der Waals surface area (Å²) in [6, 6.07) is 4.62. The van der Waals surface area contributed by atoms with Gasteiger partial charge in [-0.1, -0.05) is 0 Å². The number of nitrogens with zero attached hydrogens (tertiary/aromatic N) is 2. The third-order valence-electron chi connectivity index (χ3n) is 1.98. The van der Waals surface area contributed by atoms with E-state index in [4.69, 9.17) is 5.26 Å². The van der Waals surface area contributed by atoms with Gasteiger partial charge in [-0.05, 0) is 17.7 Å². The average molecular weight is 229 g/mol. The Labute approximate surface area is 90.9 Å². The fourth-order valence-electron chi connectivity index (χ4n) is 1.10. The monoisotopic (exact) mass is 229 g/mol. The minimum absolute atomic E-state index is 0.288. The van der Waals surface area contributed by atoms with Gasteiger partial charge in [-0.2, -0.15) is 18.4 Å². The summed E-state index contributed by atoms with van der Waals surface area (Å²) >= 11 is 0. The lowest BCUT2D eigenvalue weighted by molar-refractivity contribution is -0.157. The molecule has 1 heterocycles. The number of hydrogen-bond donors (Lipinski definition) is 1. The molecule has 0 bridgehead atoms. The topological polar surface area (TPSA) is 48.7 Å². The smallest absolute Gasteiger partial charge is 0.311 e. The molecule has 0 fully saturated rings. The van der Waals surface area contributed by atoms with Gasteiger partial charge in [0.2, 0.25) is 0 Å². The van der Waals surface area contributed by atoms with E-state index in [1.54, 1.807) is 24.5 Å². The molecule has 0 aliphatic heterocycles. The van der Waals surface area contributed by atoms with Gasteiger partial charge in [0.1, 0.15) is 0 Å². The first-order chi connectivity index (χ1) is 7.54. The molecule has 0 aromatic carbocycles. The van der Waals surface area contributed by atoms with Crippen LogP contribution in [0, 0.1) is 17.2 Å². The van der Waals surface area contributed by atoms with Crippen molar-refractivity contribution < 1.29 is 13.2 Å². The van der Waals surface area contributed by atoms with Gasteiger partial charge >= 0.3 is 6.18 Å². The second kappa shape index (κ2) is 5.47. The molecular formula is C10H10F3N3. The van der Waals surface area contributed by atoms with Gasteiger partial charge in [0, 0.05) is 25.5 Å². The van der Waals surface area contributed by atoms with Crippen molar-refractivity contribution in [3.05, 3.63) is 30.1 Å². The van der Waals surface area contributed by atoms with E-state index in [-0.39, 0.29) is 6.54 Å². The molecule has 0 aliphatic carbocycles. The molecule has 1 N–H and O–H groups in total. The normalized spacial score (nSPS) is 13.1. The Kier molecular flexibility index (Phi) is 4.26. The number of rotatable bonds is 4. The highest BCUT2D eigenvalue weighted by molar-refractivity contribution is 5.09. The van der Waals surface area contributed by atoms with Crippen molar-refractivity contribution >= 4 is 0 Å². The first-order valence-electron chi connectivity index (χ1n) is 4.60. The van der Waals surface area contributed by atoms with E-state index in [1.807, 2.05) is 0 Å². The number of hydrogen-bond acceptors (Lipinski definition) is 3. The largest absolute Gasteiger partial charge is 0.405 e. The molecule has 0 saturated carbocycles. The van der Waals surface area contributed by atoms with Crippen LogP contribution in [0.2, 0.25) is 0 Å². The van der Waals surface area contributed by atoms with Crippen LogP contribution >= 0.6 is 0 Å². The van der Waals surface area contributed by atoms with E-state index in [2.05, 4.69) is 10.3 Å². The lowest BCUT2D eigenvalue weighted by atomic mass is 10.1. The Bertz CT molecular complexity index is 356. The Hall–Kier alpha value is -1.61. The van der Waals surface area contributed by atoms with Crippen LogP contribution in [0.4, 0.5) is 13.2 Å². The van der Waals surface area contributed by atoms with Crippen molar-refractivity contribution in [2.24, 2.45) is 5.92 Å². The Morgan fingerprint density at radius 2 is 2.00 bits per heavy atom. The summed E-state index contributed by atoms with van der Waals surface area (Å²) in [5, 5.41) is 10.9. The molecule has 1 aromatic heterocycles. The van der Waals surface area contributed by atoms with E-state index in [0.29, 0.717) is 0 Å². The molecule has 0 saturated heterocycles. The predicted octanol–water partition coefficient (Wildman–Crippen LogP) is 1.87. The van der Waals surface area contributed by atoms with Gasteiger partial charge in [-0.15, -0.1) is 0 Å². The van der Waals surface area contributed by atoms with Crippen molar-refractivity contribution in [1.29, 1.82) is 5.26 Å². The van der Waals surface area contributed by atoms with Crippen molar-refractivity contribution in [1.82, 2.24) is 10.3 Å². The van der Waals surface area contributed by atoms with Crippen molar-refractivity contribution in [2.75, 3.05) is 6.54 Å². The summed E-state index contributed by atoms with van der Waals surface area (Å²) in [6.07, 6.45) is -1.36. The second-order valence-corrected chi connectivity index (χ2v) is 3.21. The number of aromatic nitrogens is 1. The van der Waals surface area contributed by atoms with E-state index in [0.717, 1.165) is 5.56 Å². The van der Waals surface area contributed by atoms with Gasteiger partial charge in [0.15, 0.2) is 5.92 Å². The van der Waals surface area contributed by atoms with Crippen molar-refractivity contribution in [3.63, 3.8) is 0 Å². The summed E-state index contributed by atoms with van der Waals surface area (Å²) in [6.45, 7) is -0.112. The summed E-state index contributed by atoms with van der Waals surface area (Å²) in [5.41, 5.74) is 0.828. The molecule has 0 spiro atoms. The van der Waals surface area contributed by atoms with E-state index in [9.17, 15) is 13.2 Å². The molecule has 1 aromatic rings. The highest BCUT2D eigenvalue weighted by atomic mass is 19.4. The number of alkyl halides is 3. The maximum Gasteiger partial charge on any atom is 0.405 e. The minimum atomic E-state index is -4.47. The lowest BCUT2D eigenvalue weighted by Gasteiger charge is -2.13. The van der Waals surface area contributed by atoms with E-state index < -0.39 is 18.6 Å². The van der Waals surface area contributed by atoms with E-state index in [1.165, 1.54) is 6.07 Å². The van der Waals surface area contributed by atoms with Crippen LogP contribution in [0.25, 0.3) is 0 Å². The van der Waals surface area contributed by atoms with Crippen LogP contribution in [0.1, 0.15) is 5.56 Å². The second-order valence-electron chi connectivity index (χ2n) is 3.21. The number of nitrogens with one attached hydrogen (secondary N) is 1. The van der Waals surface area contributed by atoms with Crippen LogP contribution in [0.3, 0.4) is 0 Å². The minimum Gasteiger partial charge on any atom is -0.311 e. The third-order valence-corrected chi connectivity index (χ3v) is 1.98. The van der Waals surface area contributed by atoms with Gasteiger partial charge in [-0.25, -0.2) is 0 Å². The molecular weight excluding hydrogens is 219 g/mol. The number of halogens is 3. The Morgan fingerprint density at radius 1 is 1.38 bits per heavy atom. The molecule has 0 amide bonds. The average Bonchev–Trinajstić information content (AvgIpc) is 2.24. The van der Waals surface area contributed by atoms with Crippen LogP contribution in [0.5, 0.6) is 0 Å². The van der Waals surface area contributed by atoms with Gasteiger partial charge in [-0.3, -0.25) is 4.98 Å². The molecule has 86 valence electrons. The molecule has 1 atom stereocenters.